The molecule has 0 radical (unpaired) electrons. The third-order valence-corrected chi connectivity index (χ3v) is 8.68. The molecule has 0 aliphatic heterocycles. The van der Waals surface area contributed by atoms with Gasteiger partial charge in [-0.2, -0.15) is 0 Å². The van der Waals surface area contributed by atoms with Crippen LogP contribution >= 0.6 is 35.0 Å². The van der Waals surface area contributed by atoms with Gasteiger partial charge in [-0.3, -0.25) is 0 Å². The van der Waals surface area contributed by atoms with E-state index in [2.05, 4.69) is 48.6 Å². The lowest BCUT2D eigenvalue weighted by atomic mass is 9.74. The molecule has 2 aliphatic carbocycles. The molecule has 154 valence electrons. The van der Waals surface area contributed by atoms with Crippen molar-refractivity contribution < 1.29 is 0 Å². The van der Waals surface area contributed by atoms with E-state index >= 15 is 0 Å². The lowest BCUT2D eigenvalue weighted by Crippen LogP contribution is -2.24. The van der Waals surface area contributed by atoms with E-state index < -0.39 is 0 Å². The third kappa shape index (κ3) is 3.34. The summed E-state index contributed by atoms with van der Waals surface area (Å²) in [6.45, 7) is 3.16. The largest absolute Gasteiger partial charge is 0.384 e. The highest BCUT2D eigenvalue weighted by atomic mass is 35.5. The van der Waals surface area contributed by atoms with Gasteiger partial charge in [0.25, 0.3) is 0 Å². The predicted molar refractivity (Wildman–Crippen MR) is 131 cm³/mol. The summed E-state index contributed by atoms with van der Waals surface area (Å²) in [5.41, 5.74) is 9.11. The molecule has 3 aromatic carbocycles. The molecule has 0 amide bonds. The van der Waals surface area contributed by atoms with Gasteiger partial charge in [0.15, 0.2) is 0 Å². The SMILES string of the molecule is Cc1cccc2c1[C@@]1(CC2)CCc2cccc(NCCSc3c(Cl)cccc3Cl)c21. The molecule has 5 rings (SSSR count). The van der Waals surface area contributed by atoms with Gasteiger partial charge >= 0.3 is 0 Å². The second-order valence-electron chi connectivity index (χ2n) is 8.36. The fourth-order valence-electron chi connectivity index (χ4n) is 5.55. The topological polar surface area (TPSA) is 12.0 Å². The number of nitrogens with one attached hydrogen (secondary N) is 1. The molecule has 0 fully saturated rings. The quantitative estimate of drug-likeness (QED) is 0.313. The van der Waals surface area contributed by atoms with Crippen LogP contribution < -0.4 is 5.32 Å². The van der Waals surface area contributed by atoms with Crippen LogP contribution in [-0.2, 0) is 18.3 Å². The molecule has 4 heteroatoms. The molecule has 0 aromatic heterocycles. The molecule has 0 saturated heterocycles. The van der Waals surface area contributed by atoms with E-state index in [4.69, 9.17) is 23.2 Å². The van der Waals surface area contributed by atoms with Crippen LogP contribution in [0.5, 0.6) is 0 Å². The van der Waals surface area contributed by atoms with E-state index in [9.17, 15) is 0 Å². The van der Waals surface area contributed by atoms with Crippen LogP contribution in [-0.4, -0.2) is 12.3 Å². The average Bonchev–Trinajstić information content (AvgIpc) is 3.31. The van der Waals surface area contributed by atoms with Crippen LogP contribution in [0.1, 0.15) is 40.7 Å². The first kappa shape index (κ1) is 20.3. The summed E-state index contributed by atoms with van der Waals surface area (Å²) in [6, 6.07) is 19.3. The Morgan fingerprint density at radius 3 is 2.23 bits per heavy atom. The molecule has 2 aliphatic rings. The number of rotatable bonds is 5. The van der Waals surface area contributed by atoms with Gasteiger partial charge in [-0.25, -0.2) is 0 Å². The Bertz CT molecular complexity index is 1090. The summed E-state index contributed by atoms with van der Waals surface area (Å²) in [5.74, 6) is 0.912. The molecule has 0 bridgehead atoms. The lowest BCUT2D eigenvalue weighted by molar-refractivity contribution is 0.506. The van der Waals surface area contributed by atoms with Crippen molar-refractivity contribution in [2.75, 3.05) is 17.6 Å². The van der Waals surface area contributed by atoms with E-state index in [0.717, 1.165) is 27.2 Å². The molecular weight excluding hydrogens is 429 g/mol. The normalized spacial score (nSPS) is 19.2. The molecule has 3 aromatic rings. The maximum Gasteiger partial charge on any atom is 0.0556 e. The van der Waals surface area contributed by atoms with E-state index in [1.807, 2.05) is 18.2 Å². The van der Waals surface area contributed by atoms with Gasteiger partial charge in [-0.05, 0) is 78.6 Å². The molecule has 1 atom stereocenters. The number of halogens is 2. The fraction of sp³-hybridized carbons (Fsp3) is 0.308. The van der Waals surface area contributed by atoms with Gasteiger partial charge in [-0.1, -0.05) is 59.6 Å². The van der Waals surface area contributed by atoms with Gasteiger partial charge in [0, 0.05) is 28.3 Å². The maximum absolute atomic E-state index is 6.32. The van der Waals surface area contributed by atoms with Gasteiger partial charge in [-0.15, -0.1) is 11.8 Å². The van der Waals surface area contributed by atoms with Crippen molar-refractivity contribution in [3.63, 3.8) is 0 Å². The second kappa shape index (κ2) is 8.15. The standard InChI is InChI=1S/C26H25Cl2NS/c1-17-5-2-6-18-11-13-26(23(17)18)14-12-19-7-3-10-22(24(19)26)29-15-16-30-25-20(27)8-4-9-21(25)28/h2-10,29H,11-16H2,1H3/t26-/m1/s1. The Morgan fingerprint density at radius 2 is 1.50 bits per heavy atom. The molecule has 0 saturated carbocycles. The van der Waals surface area contributed by atoms with Crippen LogP contribution in [0.25, 0.3) is 0 Å². The van der Waals surface area contributed by atoms with Crippen LogP contribution in [0.3, 0.4) is 0 Å². The van der Waals surface area contributed by atoms with E-state index in [-0.39, 0.29) is 5.41 Å². The first-order valence-electron chi connectivity index (χ1n) is 10.6. The summed E-state index contributed by atoms with van der Waals surface area (Å²) in [5, 5.41) is 5.20. The van der Waals surface area contributed by atoms with Gasteiger partial charge < -0.3 is 5.32 Å². The molecule has 0 heterocycles. The minimum absolute atomic E-state index is 0.179. The first-order chi connectivity index (χ1) is 14.6. The highest BCUT2D eigenvalue weighted by Gasteiger charge is 2.46. The van der Waals surface area contributed by atoms with Crippen molar-refractivity contribution in [1.82, 2.24) is 0 Å². The molecule has 1 N–H and O–H groups in total. The van der Waals surface area contributed by atoms with E-state index in [0.29, 0.717) is 0 Å². The average molecular weight is 454 g/mol. The lowest BCUT2D eigenvalue weighted by Gasteiger charge is -2.30. The van der Waals surface area contributed by atoms with Crippen molar-refractivity contribution in [1.29, 1.82) is 0 Å². The van der Waals surface area contributed by atoms with Crippen LogP contribution in [0, 0.1) is 6.92 Å². The predicted octanol–water partition coefficient (Wildman–Crippen LogP) is 7.68. The Kier molecular flexibility index (Phi) is 5.51. The van der Waals surface area contributed by atoms with Crippen LogP contribution in [0.4, 0.5) is 5.69 Å². The monoisotopic (exact) mass is 453 g/mol. The Labute approximate surface area is 193 Å². The van der Waals surface area contributed by atoms with E-state index in [1.165, 1.54) is 42.5 Å². The van der Waals surface area contributed by atoms with Crippen molar-refractivity contribution in [3.05, 3.63) is 92.5 Å². The number of anilines is 1. The summed E-state index contributed by atoms with van der Waals surface area (Å²) in [6.07, 6.45) is 4.81. The van der Waals surface area contributed by atoms with Crippen molar-refractivity contribution in [2.45, 2.75) is 42.9 Å². The second-order valence-corrected chi connectivity index (χ2v) is 10.3. The molecule has 1 spiro atoms. The Morgan fingerprint density at radius 1 is 0.867 bits per heavy atom. The number of fused-ring (bicyclic) bond motifs is 4. The minimum atomic E-state index is 0.179. The van der Waals surface area contributed by atoms with Crippen molar-refractivity contribution in [3.8, 4) is 0 Å². The number of aryl methyl sites for hydroxylation is 3. The van der Waals surface area contributed by atoms with Gasteiger partial charge in [0.1, 0.15) is 0 Å². The number of hydrogen-bond donors (Lipinski definition) is 1. The van der Waals surface area contributed by atoms with Crippen LogP contribution in [0.2, 0.25) is 10.0 Å². The molecule has 0 unspecified atom stereocenters. The smallest absolute Gasteiger partial charge is 0.0556 e. The van der Waals surface area contributed by atoms with E-state index in [1.54, 1.807) is 28.5 Å². The summed E-state index contributed by atoms with van der Waals surface area (Å²) in [7, 11) is 0. The number of hydrogen-bond acceptors (Lipinski definition) is 2. The highest BCUT2D eigenvalue weighted by molar-refractivity contribution is 7.99. The number of thioether (sulfide) groups is 1. The minimum Gasteiger partial charge on any atom is -0.384 e. The van der Waals surface area contributed by atoms with Gasteiger partial charge in [0.2, 0.25) is 0 Å². The zero-order valence-electron chi connectivity index (χ0n) is 17.1. The Balaban J connectivity index is 1.39. The fourth-order valence-corrected chi connectivity index (χ4v) is 7.09. The number of benzene rings is 3. The zero-order chi connectivity index (χ0) is 20.7. The van der Waals surface area contributed by atoms with Crippen molar-refractivity contribution in [2.24, 2.45) is 0 Å². The molecule has 1 nitrogen and oxygen atoms in total. The molecule has 30 heavy (non-hydrogen) atoms. The van der Waals surface area contributed by atoms with Crippen molar-refractivity contribution >= 4 is 40.7 Å². The van der Waals surface area contributed by atoms with Crippen LogP contribution in [0.15, 0.2) is 59.5 Å². The first-order valence-corrected chi connectivity index (χ1v) is 12.4. The summed E-state index contributed by atoms with van der Waals surface area (Å²) in [4.78, 5) is 0.970. The zero-order valence-corrected chi connectivity index (χ0v) is 19.4. The third-order valence-electron chi connectivity index (χ3n) is 6.69. The Hall–Kier alpha value is -1.61. The summed E-state index contributed by atoms with van der Waals surface area (Å²) < 4.78 is 0. The highest BCUT2D eigenvalue weighted by Crippen LogP contribution is 2.55. The van der Waals surface area contributed by atoms with Gasteiger partial charge in [0.05, 0.1) is 10.0 Å². The maximum atomic E-state index is 6.32. The summed E-state index contributed by atoms with van der Waals surface area (Å²) >= 11 is 14.4. The molecular formula is C26H25Cl2NS.